The molecule has 144 valence electrons. The van der Waals surface area contributed by atoms with Gasteiger partial charge in [-0.2, -0.15) is 5.26 Å². The number of carbonyl (C=O) groups excluding carboxylic acids is 1. The Hall–Kier alpha value is -2.81. The quantitative estimate of drug-likeness (QED) is 0.353. The summed E-state index contributed by atoms with van der Waals surface area (Å²) < 4.78 is 0. The number of nitrogens with one attached hydrogen (secondary N) is 2. The van der Waals surface area contributed by atoms with Gasteiger partial charge < -0.3 is 15.7 Å². The van der Waals surface area contributed by atoms with Crippen LogP contribution in [0.25, 0.3) is 0 Å². The van der Waals surface area contributed by atoms with Crippen LogP contribution >= 0.6 is 0 Å². The number of hydrogen-bond donors (Lipinski definition) is 3. The minimum absolute atomic E-state index is 0.0123. The highest BCUT2D eigenvalue weighted by Crippen LogP contribution is 2.26. The second kappa shape index (κ2) is 10.4. The minimum atomic E-state index is -0.866. The monoisotopic (exact) mass is 369 g/mol. The average molecular weight is 369 g/mol. The minimum Gasteiger partial charge on any atom is -0.481 e. The number of aryl methyl sites for hydroxylation is 2. The molecule has 0 aromatic heterocycles. The first-order valence-corrected chi connectivity index (χ1v) is 9.53. The van der Waals surface area contributed by atoms with Crippen molar-refractivity contribution in [3.05, 3.63) is 46.7 Å². The van der Waals surface area contributed by atoms with Crippen LogP contribution in [0.1, 0.15) is 61.8 Å². The Bertz CT molecular complexity index is 750. The Morgan fingerprint density at radius 2 is 2.04 bits per heavy atom. The number of carboxylic acids is 1. The van der Waals surface area contributed by atoms with Crippen molar-refractivity contribution in [2.24, 2.45) is 0 Å². The molecule has 6 heteroatoms. The predicted molar refractivity (Wildman–Crippen MR) is 103 cm³/mol. The molecule has 2 rings (SSSR count). The average Bonchev–Trinajstić information content (AvgIpc) is 2.68. The summed E-state index contributed by atoms with van der Waals surface area (Å²) in [5.74, 6) is -1.29. The second-order valence-electron chi connectivity index (χ2n) is 6.79. The Morgan fingerprint density at radius 1 is 1.30 bits per heavy atom. The standard InChI is InChI=1S/C21H27N3O3/c1-2-19(17-10-9-15-6-3-4-7-16(15)12-17)24-21(27)18(13-22)14-23-11-5-8-20(25)26/h9-10,12,14,19,23H,2-8,11H2,1H3,(H,24,27)(H,25,26)/b18-14-. The van der Waals surface area contributed by atoms with Crippen LogP contribution in [0.3, 0.4) is 0 Å². The lowest BCUT2D eigenvalue weighted by Gasteiger charge is -2.21. The summed E-state index contributed by atoms with van der Waals surface area (Å²) >= 11 is 0. The lowest BCUT2D eigenvalue weighted by molar-refractivity contribution is -0.137. The Morgan fingerprint density at radius 3 is 2.70 bits per heavy atom. The van der Waals surface area contributed by atoms with E-state index in [0.717, 1.165) is 24.8 Å². The molecule has 1 unspecified atom stereocenters. The van der Waals surface area contributed by atoms with Gasteiger partial charge in [0.25, 0.3) is 5.91 Å². The van der Waals surface area contributed by atoms with Crippen LogP contribution in [-0.4, -0.2) is 23.5 Å². The summed E-state index contributed by atoms with van der Waals surface area (Å²) in [5, 5.41) is 23.6. The van der Waals surface area contributed by atoms with Gasteiger partial charge in [-0.3, -0.25) is 9.59 Å². The van der Waals surface area contributed by atoms with Crippen LogP contribution in [0, 0.1) is 11.3 Å². The molecule has 1 aromatic carbocycles. The first-order chi connectivity index (χ1) is 13.0. The van der Waals surface area contributed by atoms with E-state index in [2.05, 4.69) is 28.8 Å². The predicted octanol–water partition coefficient (Wildman–Crippen LogP) is 2.99. The molecule has 0 aliphatic heterocycles. The van der Waals surface area contributed by atoms with E-state index in [1.165, 1.54) is 30.2 Å². The van der Waals surface area contributed by atoms with E-state index >= 15 is 0 Å². The summed E-state index contributed by atoms with van der Waals surface area (Å²) in [5.41, 5.74) is 3.82. The molecule has 0 saturated heterocycles. The second-order valence-corrected chi connectivity index (χ2v) is 6.79. The van der Waals surface area contributed by atoms with Crippen LogP contribution in [0.2, 0.25) is 0 Å². The molecule has 1 aliphatic rings. The van der Waals surface area contributed by atoms with E-state index in [1.54, 1.807) is 0 Å². The van der Waals surface area contributed by atoms with E-state index in [0.29, 0.717) is 13.0 Å². The molecule has 1 aliphatic carbocycles. The molecule has 0 radical (unpaired) electrons. The van der Waals surface area contributed by atoms with Crippen molar-refractivity contribution < 1.29 is 14.7 Å². The van der Waals surface area contributed by atoms with Gasteiger partial charge in [0.05, 0.1) is 6.04 Å². The molecule has 1 amide bonds. The first kappa shape index (κ1) is 20.5. The summed E-state index contributed by atoms with van der Waals surface area (Å²) in [6.45, 7) is 2.40. The first-order valence-electron chi connectivity index (χ1n) is 9.53. The van der Waals surface area contributed by atoms with Gasteiger partial charge in [-0.15, -0.1) is 0 Å². The Kier molecular flexibility index (Phi) is 7.87. The number of amides is 1. The third kappa shape index (κ3) is 6.14. The molecule has 0 saturated carbocycles. The summed E-state index contributed by atoms with van der Waals surface area (Å²) in [6, 6.07) is 8.17. The largest absolute Gasteiger partial charge is 0.481 e. The van der Waals surface area contributed by atoms with E-state index in [1.807, 2.05) is 13.0 Å². The third-order valence-electron chi connectivity index (χ3n) is 4.81. The molecular formula is C21H27N3O3. The normalized spacial score (nSPS) is 14.6. The molecule has 0 fully saturated rings. The van der Waals surface area contributed by atoms with Gasteiger partial charge in [0.15, 0.2) is 0 Å². The van der Waals surface area contributed by atoms with Crippen LogP contribution in [0.15, 0.2) is 30.0 Å². The summed E-state index contributed by atoms with van der Waals surface area (Å²) in [4.78, 5) is 22.9. The molecule has 0 bridgehead atoms. The van der Waals surface area contributed by atoms with E-state index in [9.17, 15) is 14.9 Å². The molecule has 27 heavy (non-hydrogen) atoms. The van der Waals surface area contributed by atoms with Crippen LogP contribution < -0.4 is 10.6 Å². The van der Waals surface area contributed by atoms with Gasteiger partial charge in [0.1, 0.15) is 11.6 Å². The number of nitrogens with zero attached hydrogens (tertiary/aromatic N) is 1. The number of hydrogen-bond acceptors (Lipinski definition) is 4. The zero-order valence-corrected chi connectivity index (χ0v) is 15.8. The Labute approximate surface area is 160 Å². The topological polar surface area (TPSA) is 102 Å². The summed E-state index contributed by atoms with van der Waals surface area (Å²) in [6.07, 6.45) is 7.20. The lowest BCUT2D eigenvalue weighted by atomic mass is 9.88. The maximum atomic E-state index is 12.4. The van der Waals surface area contributed by atoms with E-state index in [4.69, 9.17) is 5.11 Å². The van der Waals surface area contributed by atoms with Gasteiger partial charge in [-0.05, 0) is 55.2 Å². The summed E-state index contributed by atoms with van der Waals surface area (Å²) in [7, 11) is 0. The van der Waals surface area contributed by atoms with Gasteiger partial charge in [-0.25, -0.2) is 0 Å². The molecule has 1 atom stereocenters. The highest BCUT2D eigenvalue weighted by molar-refractivity contribution is 5.97. The fourth-order valence-electron chi connectivity index (χ4n) is 3.29. The maximum Gasteiger partial charge on any atom is 0.303 e. The molecular weight excluding hydrogens is 342 g/mol. The Balaban J connectivity index is 1.98. The fraction of sp³-hybridized carbons (Fsp3) is 0.476. The molecule has 6 nitrogen and oxygen atoms in total. The number of aliphatic carboxylic acids is 1. The molecule has 0 spiro atoms. The number of rotatable bonds is 9. The van der Waals surface area contributed by atoms with Gasteiger partial charge in [0, 0.05) is 19.2 Å². The number of nitriles is 1. The highest BCUT2D eigenvalue weighted by atomic mass is 16.4. The smallest absolute Gasteiger partial charge is 0.303 e. The third-order valence-corrected chi connectivity index (χ3v) is 4.81. The molecule has 0 heterocycles. The van der Waals surface area contributed by atoms with Crippen LogP contribution in [0.5, 0.6) is 0 Å². The van der Waals surface area contributed by atoms with Crippen molar-refractivity contribution >= 4 is 11.9 Å². The highest BCUT2D eigenvalue weighted by Gasteiger charge is 2.18. The molecule has 1 aromatic rings. The van der Waals surface area contributed by atoms with Gasteiger partial charge in [0.2, 0.25) is 0 Å². The zero-order chi connectivity index (χ0) is 19.6. The van der Waals surface area contributed by atoms with Gasteiger partial charge >= 0.3 is 5.97 Å². The maximum absolute atomic E-state index is 12.4. The van der Waals surface area contributed by atoms with Gasteiger partial charge in [-0.1, -0.05) is 25.1 Å². The van der Waals surface area contributed by atoms with Crippen molar-refractivity contribution in [1.82, 2.24) is 10.6 Å². The fourth-order valence-corrected chi connectivity index (χ4v) is 3.29. The van der Waals surface area contributed by atoms with Crippen molar-refractivity contribution in [3.8, 4) is 6.07 Å². The molecule has 3 N–H and O–H groups in total. The number of fused-ring (bicyclic) bond motifs is 1. The van der Waals surface area contributed by atoms with Crippen molar-refractivity contribution in [2.45, 2.75) is 57.9 Å². The van der Waals surface area contributed by atoms with Crippen molar-refractivity contribution in [2.75, 3.05) is 6.54 Å². The van der Waals surface area contributed by atoms with E-state index in [-0.39, 0.29) is 18.0 Å². The SMILES string of the molecule is CCC(NC(=O)/C(C#N)=C\NCCCC(=O)O)c1ccc2c(c1)CCCC2. The zero-order valence-electron chi connectivity index (χ0n) is 15.8. The number of carbonyl (C=O) groups is 2. The van der Waals surface area contributed by atoms with Crippen LogP contribution in [-0.2, 0) is 22.4 Å². The van der Waals surface area contributed by atoms with Crippen molar-refractivity contribution in [3.63, 3.8) is 0 Å². The van der Waals surface area contributed by atoms with E-state index < -0.39 is 11.9 Å². The number of carboxylic acid groups (broad SMARTS) is 1. The lowest BCUT2D eigenvalue weighted by Crippen LogP contribution is -2.30. The number of benzene rings is 1. The van der Waals surface area contributed by atoms with Crippen molar-refractivity contribution in [1.29, 1.82) is 5.26 Å². The van der Waals surface area contributed by atoms with Crippen LogP contribution in [0.4, 0.5) is 0 Å².